The Morgan fingerprint density at radius 1 is 0.444 bits per heavy atom. The van der Waals surface area contributed by atoms with Gasteiger partial charge in [-0.3, -0.25) is 0 Å². The minimum absolute atomic E-state index is 0.431. The zero-order valence-electron chi connectivity index (χ0n) is 15.9. The maximum Gasteiger partial charge on any atom is -0.0137 e. The summed E-state index contributed by atoms with van der Waals surface area (Å²) in [5.41, 5.74) is 9.12. The average molecular weight is 348 g/mol. The number of rotatable bonds is 4. The Labute approximate surface area is 162 Å². The van der Waals surface area contributed by atoms with Gasteiger partial charge in [0.2, 0.25) is 0 Å². The number of hydrogen-bond acceptors (Lipinski definition) is 0. The van der Waals surface area contributed by atoms with Crippen molar-refractivity contribution in [2.75, 3.05) is 0 Å². The molecule has 0 saturated heterocycles. The molecular formula is C27H24. The van der Waals surface area contributed by atoms with E-state index in [1.165, 1.54) is 38.9 Å². The fraction of sp³-hybridized carbons (Fsp3) is 0.111. The molecule has 0 unspecified atom stereocenters. The molecule has 4 aromatic carbocycles. The second-order valence-electron chi connectivity index (χ2n) is 7.24. The van der Waals surface area contributed by atoms with Crippen LogP contribution in [0.4, 0.5) is 0 Å². The molecular weight excluding hydrogens is 324 g/mol. The van der Waals surface area contributed by atoms with Crippen LogP contribution in [0.5, 0.6) is 0 Å². The van der Waals surface area contributed by atoms with Crippen LogP contribution in [-0.2, 0) is 0 Å². The Morgan fingerprint density at radius 3 is 1.19 bits per heavy atom. The molecule has 0 aliphatic rings. The van der Waals surface area contributed by atoms with Gasteiger partial charge in [-0.25, -0.2) is 0 Å². The molecule has 0 spiro atoms. The van der Waals surface area contributed by atoms with Crippen molar-refractivity contribution < 1.29 is 0 Å². The van der Waals surface area contributed by atoms with Gasteiger partial charge in [-0.05, 0) is 57.0 Å². The highest BCUT2D eigenvalue weighted by Gasteiger charge is 2.17. The van der Waals surface area contributed by atoms with E-state index in [0.717, 1.165) is 0 Å². The maximum atomic E-state index is 2.35. The van der Waals surface area contributed by atoms with Crippen molar-refractivity contribution in [3.05, 3.63) is 109 Å². The number of hydrogen-bond donors (Lipinski definition) is 0. The van der Waals surface area contributed by atoms with E-state index in [0.29, 0.717) is 5.92 Å². The monoisotopic (exact) mass is 348 g/mol. The summed E-state index contributed by atoms with van der Waals surface area (Å²) in [5.74, 6) is 0.431. The quantitative estimate of drug-likeness (QED) is 0.353. The summed E-state index contributed by atoms with van der Waals surface area (Å²) in [7, 11) is 0. The van der Waals surface area contributed by atoms with Gasteiger partial charge in [-0.15, -0.1) is 0 Å². The first kappa shape index (κ1) is 17.3. The normalized spacial score (nSPS) is 10.9. The minimum atomic E-state index is 0.431. The molecule has 132 valence electrons. The van der Waals surface area contributed by atoms with Gasteiger partial charge in [0.05, 0.1) is 0 Å². The fourth-order valence-corrected chi connectivity index (χ4v) is 3.79. The Kier molecular flexibility index (Phi) is 4.89. The van der Waals surface area contributed by atoms with E-state index < -0.39 is 0 Å². The second kappa shape index (κ2) is 7.63. The van der Waals surface area contributed by atoms with Gasteiger partial charge in [-0.2, -0.15) is 0 Å². The summed E-state index contributed by atoms with van der Waals surface area (Å²) < 4.78 is 0. The Bertz CT molecular complexity index is 953. The van der Waals surface area contributed by atoms with Crippen molar-refractivity contribution >= 4 is 0 Å². The summed E-state index contributed by atoms with van der Waals surface area (Å²) in [4.78, 5) is 0. The van der Waals surface area contributed by atoms with Gasteiger partial charge in [0.25, 0.3) is 0 Å². The molecule has 0 fully saturated rings. The molecule has 0 aromatic heterocycles. The third-order valence-electron chi connectivity index (χ3n) is 5.03. The molecule has 4 aromatic rings. The van der Waals surface area contributed by atoms with Gasteiger partial charge in [0.1, 0.15) is 0 Å². The SMILES string of the molecule is CC(C)c1c(-c2ccccc2)cc(-c2ccccc2)cc1-c1ccccc1. The lowest BCUT2D eigenvalue weighted by molar-refractivity contribution is 0.871. The lowest BCUT2D eigenvalue weighted by Gasteiger charge is -2.21. The van der Waals surface area contributed by atoms with Crippen LogP contribution >= 0.6 is 0 Å². The maximum absolute atomic E-state index is 2.35. The van der Waals surface area contributed by atoms with Gasteiger partial charge in [-0.1, -0.05) is 105 Å². The van der Waals surface area contributed by atoms with E-state index in [4.69, 9.17) is 0 Å². The minimum Gasteiger partial charge on any atom is -0.0622 e. The molecule has 0 N–H and O–H groups in total. The first-order valence-corrected chi connectivity index (χ1v) is 9.58. The summed E-state index contributed by atoms with van der Waals surface area (Å²) in [6, 6.07) is 36.9. The van der Waals surface area contributed by atoms with Gasteiger partial charge in [0.15, 0.2) is 0 Å². The molecule has 0 nitrogen and oxygen atoms in total. The van der Waals surface area contributed by atoms with Crippen molar-refractivity contribution in [2.24, 2.45) is 0 Å². The number of benzene rings is 4. The van der Waals surface area contributed by atoms with E-state index >= 15 is 0 Å². The molecule has 0 amide bonds. The van der Waals surface area contributed by atoms with Crippen LogP contribution in [0.1, 0.15) is 25.3 Å². The zero-order valence-corrected chi connectivity index (χ0v) is 15.9. The molecule has 0 bridgehead atoms. The zero-order chi connectivity index (χ0) is 18.6. The lowest BCUT2D eigenvalue weighted by atomic mass is 9.83. The van der Waals surface area contributed by atoms with Crippen molar-refractivity contribution in [3.63, 3.8) is 0 Å². The van der Waals surface area contributed by atoms with Crippen LogP contribution < -0.4 is 0 Å². The first-order valence-electron chi connectivity index (χ1n) is 9.58. The van der Waals surface area contributed by atoms with Crippen LogP contribution in [0, 0.1) is 0 Å². The van der Waals surface area contributed by atoms with Gasteiger partial charge < -0.3 is 0 Å². The molecule has 0 aliphatic heterocycles. The molecule has 0 radical (unpaired) electrons. The smallest absolute Gasteiger partial charge is 0.0137 e. The van der Waals surface area contributed by atoms with Crippen molar-refractivity contribution in [3.8, 4) is 33.4 Å². The molecule has 0 saturated carbocycles. The van der Waals surface area contributed by atoms with E-state index in [2.05, 4.69) is 117 Å². The Hall–Kier alpha value is -3.12. The van der Waals surface area contributed by atoms with Crippen molar-refractivity contribution in [2.45, 2.75) is 19.8 Å². The highest BCUT2D eigenvalue weighted by Crippen LogP contribution is 2.40. The first-order chi connectivity index (χ1) is 13.2. The van der Waals surface area contributed by atoms with Crippen molar-refractivity contribution in [1.82, 2.24) is 0 Å². The lowest BCUT2D eigenvalue weighted by Crippen LogP contribution is -1.98. The largest absolute Gasteiger partial charge is 0.0622 e. The summed E-state index contributed by atoms with van der Waals surface area (Å²) in [6.45, 7) is 4.58. The predicted octanol–water partition coefficient (Wildman–Crippen LogP) is 7.81. The molecule has 0 heterocycles. The fourth-order valence-electron chi connectivity index (χ4n) is 3.79. The molecule has 0 atom stereocenters. The molecule has 0 aliphatic carbocycles. The molecule has 0 heteroatoms. The van der Waals surface area contributed by atoms with Crippen LogP contribution in [0.25, 0.3) is 33.4 Å². The van der Waals surface area contributed by atoms with Crippen LogP contribution in [0.2, 0.25) is 0 Å². The third-order valence-corrected chi connectivity index (χ3v) is 5.03. The van der Waals surface area contributed by atoms with E-state index in [1.54, 1.807) is 0 Å². The third kappa shape index (κ3) is 3.57. The van der Waals surface area contributed by atoms with Crippen molar-refractivity contribution in [1.29, 1.82) is 0 Å². The topological polar surface area (TPSA) is 0 Å². The van der Waals surface area contributed by atoms with E-state index in [1.807, 2.05) is 0 Å². The van der Waals surface area contributed by atoms with E-state index in [9.17, 15) is 0 Å². The summed E-state index contributed by atoms with van der Waals surface area (Å²) in [6.07, 6.45) is 0. The van der Waals surface area contributed by atoms with Gasteiger partial charge >= 0.3 is 0 Å². The van der Waals surface area contributed by atoms with E-state index in [-0.39, 0.29) is 0 Å². The predicted molar refractivity (Wildman–Crippen MR) is 117 cm³/mol. The standard InChI is InChI=1S/C27H24/c1-20(2)27-25(22-14-8-4-9-15-22)18-24(21-12-6-3-7-13-21)19-26(27)23-16-10-5-11-17-23/h3-20H,1-2H3. The Morgan fingerprint density at radius 2 is 0.815 bits per heavy atom. The second-order valence-corrected chi connectivity index (χ2v) is 7.24. The highest BCUT2D eigenvalue weighted by atomic mass is 14.2. The average Bonchev–Trinajstić information content (AvgIpc) is 2.74. The molecule has 4 rings (SSSR count). The van der Waals surface area contributed by atoms with Crippen LogP contribution in [-0.4, -0.2) is 0 Å². The molecule has 27 heavy (non-hydrogen) atoms. The Balaban J connectivity index is 2.05. The van der Waals surface area contributed by atoms with Crippen LogP contribution in [0.15, 0.2) is 103 Å². The summed E-state index contributed by atoms with van der Waals surface area (Å²) in [5, 5.41) is 0. The van der Waals surface area contributed by atoms with Crippen LogP contribution in [0.3, 0.4) is 0 Å². The van der Waals surface area contributed by atoms with Gasteiger partial charge in [0, 0.05) is 0 Å². The summed E-state index contributed by atoms with van der Waals surface area (Å²) >= 11 is 0. The highest BCUT2D eigenvalue weighted by molar-refractivity contribution is 5.85.